The number of carbonyl (C=O) groups is 1. The summed E-state index contributed by atoms with van der Waals surface area (Å²) in [4.78, 5) is 11.2. The van der Waals surface area contributed by atoms with E-state index in [1.165, 1.54) is 25.3 Å². The molecule has 0 bridgehead atoms. The maximum atomic E-state index is 12.2. The van der Waals surface area contributed by atoms with Crippen LogP contribution in [-0.4, -0.2) is 20.1 Å². The third-order valence-corrected chi connectivity index (χ3v) is 2.59. The first-order valence-electron chi connectivity index (χ1n) is 4.41. The number of hydrogen-bond acceptors (Lipinski definition) is 2. The van der Waals surface area contributed by atoms with E-state index in [4.69, 9.17) is 0 Å². The molecule has 1 rings (SSSR count). The van der Waals surface area contributed by atoms with Gasteiger partial charge in [0.05, 0.1) is 12.7 Å². The molecule has 0 aliphatic carbocycles. The smallest absolute Gasteiger partial charge is 0.465 e. The summed E-state index contributed by atoms with van der Waals surface area (Å²) in [6.45, 7) is -4.90. The average Bonchev–Trinajstić information content (AvgIpc) is 2.18. The van der Waals surface area contributed by atoms with E-state index in [2.05, 4.69) is 20.7 Å². The van der Waals surface area contributed by atoms with Crippen molar-refractivity contribution in [1.82, 2.24) is 0 Å². The molecule has 1 aromatic carbocycles. The zero-order valence-electron chi connectivity index (χ0n) is 9.34. The molecule has 1 aromatic rings. The fourth-order valence-electron chi connectivity index (χ4n) is 1.23. The van der Waals surface area contributed by atoms with Crippen LogP contribution in [0.25, 0.3) is 0 Å². The van der Waals surface area contributed by atoms with Gasteiger partial charge in [-0.3, -0.25) is 0 Å². The number of carbonyl (C=O) groups excluding carboxylic acids is 1. The van der Waals surface area contributed by atoms with Crippen LogP contribution in [0.3, 0.4) is 0 Å². The van der Waals surface area contributed by atoms with Crippen molar-refractivity contribution in [1.29, 1.82) is 0 Å². The second-order valence-electron chi connectivity index (χ2n) is 3.22. The van der Waals surface area contributed by atoms with Gasteiger partial charge in [-0.25, -0.2) is 4.79 Å². The molecule has 0 fully saturated rings. The Morgan fingerprint density at radius 2 is 2.00 bits per heavy atom. The van der Waals surface area contributed by atoms with E-state index < -0.39 is 19.3 Å². The molecule has 17 heavy (non-hydrogen) atoms. The number of halogens is 4. The molecule has 0 spiro atoms. The summed E-state index contributed by atoms with van der Waals surface area (Å²) in [5, 5.41) is 0. The van der Waals surface area contributed by atoms with Gasteiger partial charge in [-0.05, 0) is 28.1 Å². The van der Waals surface area contributed by atoms with Crippen molar-refractivity contribution in [3.05, 3.63) is 33.8 Å². The molecule has 0 saturated carbocycles. The average molecular weight is 335 g/mol. The molecule has 0 aromatic heterocycles. The molecule has 0 atom stereocenters. The molecule has 0 radical (unpaired) electrons. The van der Waals surface area contributed by atoms with Gasteiger partial charge in [0.1, 0.15) is 0 Å². The van der Waals surface area contributed by atoms with E-state index >= 15 is 0 Å². The van der Waals surface area contributed by atoms with E-state index in [0.29, 0.717) is 4.47 Å². The summed E-state index contributed by atoms with van der Waals surface area (Å²) in [6, 6.07) is 3.92. The summed E-state index contributed by atoms with van der Waals surface area (Å²) in [6.07, 6.45) is -1.00. The fraction of sp³-hybridized carbons (Fsp3) is 0.222. The van der Waals surface area contributed by atoms with Gasteiger partial charge in [0.15, 0.2) is 0 Å². The molecule has 0 aliphatic heterocycles. The van der Waals surface area contributed by atoms with E-state index in [-0.39, 0.29) is 62.5 Å². The number of rotatable bonds is 3. The molecule has 0 heterocycles. The minimum Gasteiger partial charge on any atom is -0.465 e. The van der Waals surface area contributed by atoms with Crippen LogP contribution in [0.4, 0.5) is 12.9 Å². The number of ether oxygens (including phenoxy) is 1. The summed E-state index contributed by atoms with van der Waals surface area (Å²) >= 11 is 3.07. The van der Waals surface area contributed by atoms with Gasteiger partial charge >= 0.3 is 64.3 Å². The molecule has 0 N–H and O–H groups in total. The van der Waals surface area contributed by atoms with Crippen LogP contribution < -0.4 is 51.4 Å². The van der Waals surface area contributed by atoms with E-state index in [9.17, 15) is 17.7 Å². The molecule has 0 unspecified atom stereocenters. The van der Waals surface area contributed by atoms with Gasteiger partial charge in [0, 0.05) is 4.47 Å². The Morgan fingerprint density at radius 3 is 2.47 bits per heavy atom. The Morgan fingerprint density at radius 1 is 1.41 bits per heavy atom. The number of hydrogen-bond donors (Lipinski definition) is 0. The van der Waals surface area contributed by atoms with E-state index in [1.807, 2.05) is 0 Å². The van der Waals surface area contributed by atoms with Gasteiger partial charge < -0.3 is 17.7 Å². The largest absolute Gasteiger partial charge is 1.00 e. The maximum Gasteiger partial charge on any atom is 1.00 e. The molecular formula is C9H8BBrF3KO2. The molecule has 8 heteroatoms. The van der Waals surface area contributed by atoms with Gasteiger partial charge in [-0.1, -0.05) is 17.9 Å². The standard InChI is InChI=1S/C9H8BBrF3O2.K/c1-16-9(15)7-4-6(2-3-8(7)11)5-10(12,13)14;/h2-4H,5H2,1H3;/q-1;+1. The van der Waals surface area contributed by atoms with Crippen LogP contribution in [0, 0.1) is 0 Å². The SMILES string of the molecule is COC(=O)c1cc(C[B-](F)(F)F)ccc1Br.[K+]. The summed E-state index contributed by atoms with van der Waals surface area (Å²) in [5.41, 5.74) is 0.149. The van der Waals surface area contributed by atoms with Gasteiger partial charge in [0.25, 0.3) is 0 Å². The third kappa shape index (κ3) is 5.89. The van der Waals surface area contributed by atoms with Crippen molar-refractivity contribution in [2.75, 3.05) is 7.11 Å². The number of benzene rings is 1. The van der Waals surface area contributed by atoms with Crippen molar-refractivity contribution < 1.29 is 73.9 Å². The molecule has 0 aliphatic rings. The predicted octanol–water partition coefficient (Wildman–Crippen LogP) is 0.169. The monoisotopic (exact) mass is 334 g/mol. The van der Waals surface area contributed by atoms with E-state index in [1.54, 1.807) is 0 Å². The van der Waals surface area contributed by atoms with Crippen molar-refractivity contribution in [3.63, 3.8) is 0 Å². The predicted molar refractivity (Wildman–Crippen MR) is 58.3 cm³/mol. The summed E-state index contributed by atoms with van der Waals surface area (Å²) in [5.74, 6) is -0.664. The van der Waals surface area contributed by atoms with Crippen LogP contribution in [0.2, 0.25) is 0 Å². The van der Waals surface area contributed by atoms with Crippen molar-refractivity contribution >= 4 is 28.9 Å². The Kier molecular flexibility index (Phi) is 7.58. The maximum absolute atomic E-state index is 12.2. The second-order valence-corrected chi connectivity index (χ2v) is 4.07. The fourth-order valence-corrected chi connectivity index (χ4v) is 1.64. The third-order valence-electron chi connectivity index (χ3n) is 1.90. The molecular weight excluding hydrogens is 327 g/mol. The first-order valence-corrected chi connectivity index (χ1v) is 5.20. The molecule has 88 valence electrons. The summed E-state index contributed by atoms with van der Waals surface area (Å²) < 4.78 is 41.4. The molecule has 0 saturated heterocycles. The van der Waals surface area contributed by atoms with E-state index in [0.717, 1.165) is 0 Å². The molecule has 0 amide bonds. The minimum atomic E-state index is -4.90. The topological polar surface area (TPSA) is 26.3 Å². The van der Waals surface area contributed by atoms with Crippen molar-refractivity contribution in [2.45, 2.75) is 6.32 Å². The van der Waals surface area contributed by atoms with Gasteiger partial charge in [0.2, 0.25) is 0 Å². The number of esters is 1. The van der Waals surface area contributed by atoms with Crippen LogP contribution in [0.15, 0.2) is 22.7 Å². The van der Waals surface area contributed by atoms with Crippen LogP contribution in [-0.2, 0) is 11.1 Å². The van der Waals surface area contributed by atoms with Crippen LogP contribution >= 0.6 is 15.9 Å². The first kappa shape index (κ1) is 17.7. The Bertz CT molecular complexity index is 412. The Balaban J connectivity index is 0.00000256. The van der Waals surface area contributed by atoms with Crippen molar-refractivity contribution in [2.24, 2.45) is 0 Å². The zero-order valence-corrected chi connectivity index (χ0v) is 14.1. The van der Waals surface area contributed by atoms with Crippen LogP contribution in [0.5, 0.6) is 0 Å². The molecule has 2 nitrogen and oxygen atoms in total. The Labute approximate surface area is 148 Å². The quantitative estimate of drug-likeness (QED) is 0.582. The normalized spacial score (nSPS) is 10.6. The zero-order chi connectivity index (χ0) is 12.3. The van der Waals surface area contributed by atoms with Gasteiger partial charge in [-0.2, -0.15) is 0 Å². The minimum absolute atomic E-state index is 0. The van der Waals surface area contributed by atoms with Gasteiger partial charge in [-0.15, -0.1) is 0 Å². The van der Waals surface area contributed by atoms with Crippen molar-refractivity contribution in [3.8, 4) is 0 Å². The first-order chi connectivity index (χ1) is 7.33. The van der Waals surface area contributed by atoms with Crippen LogP contribution in [0.1, 0.15) is 15.9 Å². The number of methoxy groups -OCH3 is 1. The Hall–Kier alpha value is 0.661. The second kappa shape index (κ2) is 7.30. The summed E-state index contributed by atoms with van der Waals surface area (Å²) in [7, 11) is 1.18.